The predicted molar refractivity (Wildman–Crippen MR) is 119 cm³/mol. The Morgan fingerprint density at radius 3 is 2.57 bits per heavy atom. The number of fused-ring (bicyclic) bond motifs is 2. The van der Waals surface area contributed by atoms with Crippen LogP contribution in [0.3, 0.4) is 0 Å². The van der Waals surface area contributed by atoms with E-state index in [-0.39, 0.29) is 23.6 Å². The number of rotatable bonds is 2. The predicted octanol–water partition coefficient (Wildman–Crippen LogP) is 5.77. The molecule has 0 saturated carbocycles. The van der Waals surface area contributed by atoms with Gasteiger partial charge < -0.3 is 20.4 Å². The number of hydrogen-bond donors (Lipinski definition) is 3. The number of hydrogen-bond acceptors (Lipinski definition) is 3. The number of aromatic hydroxyl groups is 2. The van der Waals surface area contributed by atoms with E-state index in [1.807, 2.05) is 54.6 Å². The zero-order valence-corrected chi connectivity index (χ0v) is 16.4. The maximum Gasteiger partial charge on any atom is 0.322 e. The number of nitrogens with one attached hydrogen (secondary N) is 1. The summed E-state index contributed by atoms with van der Waals surface area (Å²) >= 11 is 0. The van der Waals surface area contributed by atoms with E-state index in [0.29, 0.717) is 12.1 Å². The van der Waals surface area contributed by atoms with Crippen molar-refractivity contribution in [3.8, 4) is 11.5 Å². The summed E-state index contributed by atoms with van der Waals surface area (Å²) in [5.41, 5.74) is 1.46. The van der Waals surface area contributed by atoms with Gasteiger partial charge in [-0.3, -0.25) is 0 Å². The van der Waals surface area contributed by atoms with E-state index in [2.05, 4.69) is 5.32 Å². The van der Waals surface area contributed by atoms with Gasteiger partial charge in [0, 0.05) is 17.5 Å². The van der Waals surface area contributed by atoms with Crippen molar-refractivity contribution in [2.75, 3.05) is 11.9 Å². The minimum Gasteiger partial charge on any atom is -0.508 e. The van der Waals surface area contributed by atoms with E-state index < -0.39 is 0 Å². The van der Waals surface area contributed by atoms with E-state index in [1.165, 1.54) is 0 Å². The molecule has 4 aromatic carbocycles. The molecule has 1 fully saturated rings. The van der Waals surface area contributed by atoms with E-state index in [0.717, 1.165) is 40.1 Å². The molecule has 0 aliphatic carbocycles. The van der Waals surface area contributed by atoms with Crippen molar-refractivity contribution in [1.29, 1.82) is 0 Å². The first kappa shape index (κ1) is 18.3. The highest BCUT2D eigenvalue weighted by atomic mass is 16.3. The molecule has 5 heteroatoms. The average molecular weight is 398 g/mol. The Hall–Kier alpha value is -3.73. The van der Waals surface area contributed by atoms with Crippen molar-refractivity contribution >= 4 is 33.3 Å². The molecule has 0 radical (unpaired) electrons. The van der Waals surface area contributed by atoms with Crippen LogP contribution in [0.1, 0.15) is 24.4 Å². The number of anilines is 1. The quantitative estimate of drug-likeness (QED) is 0.401. The molecule has 1 aliphatic heterocycles. The fourth-order valence-corrected chi connectivity index (χ4v) is 4.50. The Bertz CT molecular complexity index is 1260. The number of phenolic OH excluding ortho intramolecular Hbond substituents is 2. The van der Waals surface area contributed by atoms with Gasteiger partial charge in [-0.2, -0.15) is 0 Å². The Balaban J connectivity index is 1.51. The molecule has 3 N–H and O–H groups in total. The molecular formula is C25H22N2O3. The molecule has 150 valence electrons. The first-order valence-electron chi connectivity index (χ1n) is 10.1. The maximum absolute atomic E-state index is 13.2. The summed E-state index contributed by atoms with van der Waals surface area (Å²) in [6, 6.07) is 21.9. The van der Waals surface area contributed by atoms with Crippen molar-refractivity contribution in [3.63, 3.8) is 0 Å². The van der Waals surface area contributed by atoms with Gasteiger partial charge in [-0.15, -0.1) is 0 Å². The zero-order chi connectivity index (χ0) is 20.7. The molecule has 5 nitrogen and oxygen atoms in total. The minimum absolute atomic E-state index is 0.138. The molecule has 1 aliphatic rings. The van der Waals surface area contributed by atoms with Crippen molar-refractivity contribution in [1.82, 2.24) is 4.90 Å². The van der Waals surface area contributed by atoms with Crippen molar-refractivity contribution in [3.05, 3.63) is 78.4 Å². The fraction of sp³-hybridized carbons (Fsp3) is 0.160. The topological polar surface area (TPSA) is 72.8 Å². The summed E-state index contributed by atoms with van der Waals surface area (Å²) in [4.78, 5) is 15.0. The first-order chi connectivity index (χ1) is 14.6. The highest BCUT2D eigenvalue weighted by molar-refractivity contribution is 6.02. The van der Waals surface area contributed by atoms with E-state index >= 15 is 0 Å². The van der Waals surface area contributed by atoms with Crippen LogP contribution in [-0.4, -0.2) is 27.7 Å². The lowest BCUT2D eigenvalue weighted by molar-refractivity contribution is 0.206. The van der Waals surface area contributed by atoms with Gasteiger partial charge in [0.1, 0.15) is 11.5 Å². The molecule has 5 rings (SSSR count). The van der Waals surface area contributed by atoms with E-state index in [1.54, 1.807) is 23.1 Å². The number of nitrogens with zero attached hydrogens (tertiary/aromatic N) is 1. The molecule has 0 aromatic heterocycles. The minimum atomic E-state index is -0.259. The van der Waals surface area contributed by atoms with Crippen LogP contribution in [0.4, 0.5) is 10.5 Å². The molecule has 1 heterocycles. The lowest BCUT2D eigenvalue weighted by atomic mass is 9.96. The largest absolute Gasteiger partial charge is 0.508 e. The first-order valence-corrected chi connectivity index (χ1v) is 10.1. The third kappa shape index (κ3) is 3.08. The van der Waals surface area contributed by atoms with Crippen LogP contribution in [0.5, 0.6) is 11.5 Å². The second-order valence-corrected chi connectivity index (χ2v) is 7.71. The number of amides is 2. The van der Waals surface area contributed by atoms with Gasteiger partial charge >= 0.3 is 6.03 Å². The van der Waals surface area contributed by atoms with Gasteiger partial charge in [-0.1, -0.05) is 48.5 Å². The Morgan fingerprint density at radius 1 is 0.900 bits per heavy atom. The van der Waals surface area contributed by atoms with Crippen molar-refractivity contribution in [2.45, 2.75) is 18.9 Å². The fourth-order valence-electron chi connectivity index (χ4n) is 4.50. The zero-order valence-electron chi connectivity index (χ0n) is 16.4. The maximum atomic E-state index is 13.2. The van der Waals surface area contributed by atoms with Gasteiger partial charge in [0.25, 0.3) is 0 Å². The summed E-state index contributed by atoms with van der Waals surface area (Å²) in [5.74, 6) is 0.280. The number of benzene rings is 4. The molecule has 0 bridgehead atoms. The summed E-state index contributed by atoms with van der Waals surface area (Å²) in [5, 5.41) is 27.4. The third-order valence-corrected chi connectivity index (χ3v) is 5.90. The summed E-state index contributed by atoms with van der Waals surface area (Å²) in [6.45, 7) is 0.607. The number of carbonyl (C=O) groups is 1. The highest BCUT2D eigenvalue weighted by Gasteiger charge is 2.33. The summed E-state index contributed by atoms with van der Waals surface area (Å²) < 4.78 is 0. The van der Waals surface area contributed by atoms with Crippen molar-refractivity contribution < 1.29 is 15.0 Å². The smallest absolute Gasteiger partial charge is 0.322 e. The lowest BCUT2D eigenvalue weighted by Gasteiger charge is -2.27. The van der Waals surface area contributed by atoms with Gasteiger partial charge in [0.2, 0.25) is 0 Å². The summed E-state index contributed by atoms with van der Waals surface area (Å²) in [6.07, 6.45) is 1.60. The summed E-state index contributed by atoms with van der Waals surface area (Å²) in [7, 11) is 0. The average Bonchev–Trinajstić information content (AvgIpc) is 3.23. The van der Waals surface area contributed by atoms with Crippen LogP contribution in [0.2, 0.25) is 0 Å². The molecule has 1 saturated heterocycles. The monoisotopic (exact) mass is 398 g/mol. The highest BCUT2D eigenvalue weighted by Crippen LogP contribution is 2.42. The molecule has 1 unspecified atom stereocenters. The van der Waals surface area contributed by atoms with Gasteiger partial charge in [-0.05, 0) is 53.3 Å². The Labute approximate surface area is 174 Å². The number of likely N-dealkylation sites (tertiary alicyclic amines) is 1. The Morgan fingerprint density at radius 2 is 1.67 bits per heavy atom. The van der Waals surface area contributed by atoms with Crippen LogP contribution < -0.4 is 5.32 Å². The molecule has 4 aromatic rings. The SMILES string of the molecule is O=C(Nc1cccc2ccccc12)N1CCCC1c1c(O)ccc2ccc(O)cc12. The van der Waals surface area contributed by atoms with Crippen LogP contribution in [0.25, 0.3) is 21.5 Å². The lowest BCUT2D eigenvalue weighted by Crippen LogP contribution is -2.34. The molecule has 1 atom stereocenters. The third-order valence-electron chi connectivity index (χ3n) is 5.90. The number of urea groups is 1. The molecule has 30 heavy (non-hydrogen) atoms. The van der Waals surface area contributed by atoms with Gasteiger partial charge in [-0.25, -0.2) is 4.79 Å². The second kappa shape index (κ2) is 7.26. The standard InChI is InChI=1S/C25H22N2O3/c28-18-12-10-17-11-13-23(29)24(20(17)15-18)22-9-4-14-27(22)25(30)26-21-8-3-6-16-5-1-2-7-19(16)21/h1-3,5-8,10-13,15,22,28-29H,4,9,14H2,(H,26,30). The molecule has 0 spiro atoms. The van der Waals surface area contributed by atoms with Crippen LogP contribution >= 0.6 is 0 Å². The van der Waals surface area contributed by atoms with Gasteiger partial charge in [0.15, 0.2) is 0 Å². The molecule has 2 amide bonds. The van der Waals surface area contributed by atoms with E-state index in [4.69, 9.17) is 0 Å². The normalized spacial score (nSPS) is 16.3. The van der Waals surface area contributed by atoms with Crippen LogP contribution in [0.15, 0.2) is 72.8 Å². The van der Waals surface area contributed by atoms with Crippen LogP contribution in [-0.2, 0) is 0 Å². The molecular weight excluding hydrogens is 376 g/mol. The van der Waals surface area contributed by atoms with E-state index in [9.17, 15) is 15.0 Å². The number of phenols is 2. The van der Waals surface area contributed by atoms with Crippen LogP contribution in [0, 0.1) is 0 Å². The van der Waals surface area contributed by atoms with Crippen molar-refractivity contribution in [2.24, 2.45) is 0 Å². The second-order valence-electron chi connectivity index (χ2n) is 7.71. The van der Waals surface area contributed by atoms with Gasteiger partial charge in [0.05, 0.1) is 11.7 Å². The Kier molecular flexibility index (Phi) is 4.43. The number of carbonyl (C=O) groups excluding carboxylic acids is 1.